The van der Waals surface area contributed by atoms with Crippen LogP contribution in [0.5, 0.6) is 5.75 Å². The number of hydrogen-bond acceptors (Lipinski definition) is 4. The van der Waals surface area contributed by atoms with E-state index in [-0.39, 0.29) is 0 Å². The van der Waals surface area contributed by atoms with E-state index < -0.39 is 0 Å². The summed E-state index contributed by atoms with van der Waals surface area (Å²) in [6.07, 6.45) is 3.22. The molecule has 0 aliphatic carbocycles. The molecule has 0 aliphatic heterocycles. The van der Waals surface area contributed by atoms with E-state index in [9.17, 15) is 0 Å². The molecule has 0 spiro atoms. The molecule has 84 valence electrons. The van der Waals surface area contributed by atoms with Gasteiger partial charge in [0.15, 0.2) is 0 Å². The summed E-state index contributed by atoms with van der Waals surface area (Å²) in [4.78, 5) is 3.89. The zero-order valence-electron chi connectivity index (χ0n) is 9.04. The second-order valence-corrected chi connectivity index (χ2v) is 4.03. The van der Waals surface area contributed by atoms with Crippen molar-refractivity contribution in [2.24, 2.45) is 0 Å². The molecule has 4 nitrogen and oxygen atoms in total. The highest BCUT2D eigenvalue weighted by atomic mass is 32.2. The smallest absolute Gasteiger partial charge is 0.138 e. The van der Waals surface area contributed by atoms with Crippen LogP contribution in [0.3, 0.4) is 0 Å². The predicted octanol–water partition coefficient (Wildman–Crippen LogP) is 2.37. The van der Waals surface area contributed by atoms with Crippen molar-refractivity contribution in [2.45, 2.75) is 12.7 Å². The quantitative estimate of drug-likeness (QED) is 0.797. The number of aromatic nitrogens is 3. The van der Waals surface area contributed by atoms with E-state index in [1.807, 2.05) is 25.1 Å². The summed E-state index contributed by atoms with van der Waals surface area (Å²) < 4.78 is 7.29. The molecular formula is C11H13N3OS. The van der Waals surface area contributed by atoms with E-state index in [0.29, 0.717) is 6.61 Å². The van der Waals surface area contributed by atoms with Crippen molar-refractivity contribution >= 4 is 11.9 Å². The molecule has 1 aromatic carbocycles. The normalized spacial score (nSPS) is 10.3. The molecule has 1 aromatic heterocycles. The van der Waals surface area contributed by atoms with Gasteiger partial charge in [-0.2, -0.15) is 4.09 Å². The Hall–Kier alpha value is -1.49. The van der Waals surface area contributed by atoms with E-state index in [0.717, 1.165) is 11.5 Å². The minimum atomic E-state index is 0.686. The van der Waals surface area contributed by atoms with Crippen molar-refractivity contribution < 1.29 is 4.74 Å². The summed E-state index contributed by atoms with van der Waals surface area (Å²) in [5.74, 6) is 1.76. The van der Waals surface area contributed by atoms with Gasteiger partial charge in [0.05, 0.1) is 6.61 Å². The second-order valence-electron chi connectivity index (χ2n) is 3.11. The molecule has 0 saturated carbocycles. The summed E-state index contributed by atoms with van der Waals surface area (Å²) in [7, 11) is 0. The lowest BCUT2D eigenvalue weighted by atomic mass is 10.2. The summed E-state index contributed by atoms with van der Waals surface area (Å²) in [6.45, 7) is 2.67. The summed E-state index contributed by atoms with van der Waals surface area (Å²) in [5.41, 5.74) is 1.17. The Morgan fingerprint density at radius 3 is 3.00 bits per heavy atom. The molecule has 5 heteroatoms. The molecule has 0 aliphatic rings. The first-order valence-corrected chi connectivity index (χ1v) is 6.03. The Bertz CT molecular complexity index is 431. The van der Waals surface area contributed by atoms with Crippen LogP contribution in [0.25, 0.3) is 0 Å². The topological polar surface area (TPSA) is 39.9 Å². The van der Waals surface area contributed by atoms with Crippen LogP contribution in [0.4, 0.5) is 0 Å². The van der Waals surface area contributed by atoms with Crippen molar-refractivity contribution in [1.29, 1.82) is 0 Å². The first-order chi connectivity index (χ1) is 7.90. The largest absolute Gasteiger partial charge is 0.494 e. The molecule has 0 atom stereocenters. The van der Waals surface area contributed by atoms with Gasteiger partial charge in [0, 0.05) is 11.3 Å². The summed E-state index contributed by atoms with van der Waals surface area (Å²) in [6, 6.07) is 8.05. The molecule has 0 saturated heterocycles. The highest BCUT2D eigenvalue weighted by molar-refractivity contribution is 7.96. The van der Waals surface area contributed by atoms with Gasteiger partial charge in [-0.1, -0.05) is 18.2 Å². The molecule has 0 amide bonds. The first kappa shape index (κ1) is 11.0. The van der Waals surface area contributed by atoms with Gasteiger partial charge in [0.25, 0.3) is 0 Å². The van der Waals surface area contributed by atoms with E-state index in [2.05, 4.69) is 16.1 Å². The Morgan fingerprint density at radius 1 is 1.38 bits per heavy atom. The molecule has 2 aromatic rings. The number of nitrogens with zero attached hydrogens (tertiary/aromatic N) is 3. The average Bonchev–Trinajstić information content (AvgIpc) is 2.81. The summed E-state index contributed by atoms with van der Waals surface area (Å²) >= 11 is 1.58. The monoisotopic (exact) mass is 235 g/mol. The Balaban J connectivity index is 2.03. The number of benzene rings is 1. The van der Waals surface area contributed by atoms with Crippen LogP contribution in [-0.4, -0.2) is 20.8 Å². The predicted molar refractivity (Wildman–Crippen MR) is 64.3 cm³/mol. The van der Waals surface area contributed by atoms with Gasteiger partial charge in [-0.3, -0.25) is 0 Å². The Labute approximate surface area is 98.8 Å². The minimum Gasteiger partial charge on any atom is -0.494 e. The lowest BCUT2D eigenvalue weighted by Gasteiger charge is -2.08. The molecular weight excluding hydrogens is 222 g/mol. The molecule has 0 radical (unpaired) electrons. The number of ether oxygens (including phenoxy) is 1. The van der Waals surface area contributed by atoms with Crippen molar-refractivity contribution in [3.8, 4) is 5.75 Å². The maximum Gasteiger partial charge on any atom is 0.138 e. The zero-order valence-corrected chi connectivity index (χ0v) is 9.85. The fourth-order valence-electron chi connectivity index (χ4n) is 1.32. The molecule has 0 N–H and O–H groups in total. The van der Waals surface area contributed by atoms with Crippen LogP contribution in [0.2, 0.25) is 0 Å². The van der Waals surface area contributed by atoms with E-state index in [1.54, 1.807) is 22.4 Å². The third-order valence-corrected chi connectivity index (χ3v) is 2.92. The maximum atomic E-state index is 5.55. The van der Waals surface area contributed by atoms with Gasteiger partial charge in [-0.05, 0) is 24.9 Å². The molecule has 1 heterocycles. The van der Waals surface area contributed by atoms with Crippen molar-refractivity contribution in [3.05, 3.63) is 42.5 Å². The van der Waals surface area contributed by atoms with E-state index >= 15 is 0 Å². The van der Waals surface area contributed by atoms with Gasteiger partial charge < -0.3 is 4.74 Å². The van der Waals surface area contributed by atoms with Crippen LogP contribution >= 0.6 is 11.9 Å². The van der Waals surface area contributed by atoms with Crippen LogP contribution in [0.15, 0.2) is 36.9 Å². The van der Waals surface area contributed by atoms with Crippen molar-refractivity contribution in [1.82, 2.24) is 14.2 Å². The van der Waals surface area contributed by atoms with Gasteiger partial charge >= 0.3 is 0 Å². The van der Waals surface area contributed by atoms with Crippen LogP contribution in [0, 0.1) is 0 Å². The highest BCUT2D eigenvalue weighted by Crippen LogP contribution is 2.23. The number of para-hydroxylation sites is 1. The van der Waals surface area contributed by atoms with Crippen LogP contribution in [0.1, 0.15) is 12.5 Å². The van der Waals surface area contributed by atoms with Gasteiger partial charge in [-0.15, -0.1) is 5.10 Å². The lowest BCUT2D eigenvalue weighted by Crippen LogP contribution is -1.96. The molecule has 0 fully saturated rings. The lowest BCUT2D eigenvalue weighted by molar-refractivity contribution is 0.337. The fourth-order valence-corrected chi connectivity index (χ4v) is 2.06. The maximum absolute atomic E-state index is 5.55. The Kier molecular flexibility index (Phi) is 3.82. The average molecular weight is 235 g/mol. The van der Waals surface area contributed by atoms with E-state index in [1.165, 1.54) is 11.9 Å². The number of hydrogen-bond donors (Lipinski definition) is 0. The van der Waals surface area contributed by atoms with E-state index in [4.69, 9.17) is 4.74 Å². The van der Waals surface area contributed by atoms with Gasteiger partial charge in [0.2, 0.25) is 0 Å². The number of rotatable bonds is 5. The zero-order chi connectivity index (χ0) is 11.2. The van der Waals surface area contributed by atoms with Crippen LogP contribution < -0.4 is 4.74 Å². The third-order valence-electron chi connectivity index (χ3n) is 2.02. The highest BCUT2D eigenvalue weighted by Gasteiger charge is 2.03. The third kappa shape index (κ3) is 2.76. The van der Waals surface area contributed by atoms with Crippen molar-refractivity contribution in [3.63, 3.8) is 0 Å². The summed E-state index contributed by atoms with van der Waals surface area (Å²) in [5, 5.41) is 4.03. The van der Waals surface area contributed by atoms with Gasteiger partial charge in [0.1, 0.15) is 18.4 Å². The fraction of sp³-hybridized carbons (Fsp3) is 0.273. The SMILES string of the molecule is CCOc1ccccc1CSn1cncn1. The standard InChI is InChI=1S/C11H13N3OS/c1-2-15-11-6-4-3-5-10(11)7-16-14-9-12-8-13-14/h3-6,8-9H,2,7H2,1H3. The molecule has 2 rings (SSSR count). The molecule has 0 unspecified atom stereocenters. The molecule has 16 heavy (non-hydrogen) atoms. The van der Waals surface area contributed by atoms with Crippen LogP contribution in [-0.2, 0) is 5.75 Å². The minimum absolute atomic E-state index is 0.686. The molecule has 0 bridgehead atoms. The van der Waals surface area contributed by atoms with Crippen molar-refractivity contribution in [2.75, 3.05) is 6.61 Å². The first-order valence-electron chi connectivity index (χ1n) is 5.08. The van der Waals surface area contributed by atoms with Gasteiger partial charge in [-0.25, -0.2) is 4.98 Å². The Morgan fingerprint density at radius 2 is 2.25 bits per heavy atom. The second kappa shape index (κ2) is 5.55.